The summed E-state index contributed by atoms with van der Waals surface area (Å²) >= 11 is 11.4. The summed E-state index contributed by atoms with van der Waals surface area (Å²) in [6.45, 7) is 9.93. The lowest BCUT2D eigenvalue weighted by Crippen LogP contribution is -2.48. The lowest BCUT2D eigenvalue weighted by Gasteiger charge is -2.47. The predicted molar refractivity (Wildman–Crippen MR) is 137 cm³/mol. The molecule has 0 spiro atoms. The van der Waals surface area contributed by atoms with Gasteiger partial charge < -0.3 is 10.2 Å². The fraction of sp³-hybridized carbons (Fsp3) is 0.333. The van der Waals surface area contributed by atoms with Crippen LogP contribution < -0.4 is 10.2 Å². The van der Waals surface area contributed by atoms with Gasteiger partial charge in [-0.15, -0.1) is 0 Å². The first-order valence-electron chi connectivity index (χ1n) is 10.3. The number of nitrogens with one attached hydrogen (secondary N) is 1. The number of amides is 1. The van der Waals surface area contributed by atoms with E-state index in [1.165, 1.54) is 23.0 Å². The molecule has 0 aliphatic carbocycles. The minimum absolute atomic E-state index is 0.0874. The van der Waals surface area contributed by atoms with E-state index in [2.05, 4.69) is 71.0 Å². The zero-order chi connectivity index (χ0) is 22.3. The molecule has 1 unspecified atom stereocenters. The maximum Gasteiger partial charge on any atom is 0.264 e. The van der Waals surface area contributed by atoms with E-state index in [0.29, 0.717) is 21.0 Å². The maximum absolute atomic E-state index is 12.5. The summed E-state index contributed by atoms with van der Waals surface area (Å²) in [4.78, 5) is 20.1. The third kappa shape index (κ3) is 4.57. The van der Waals surface area contributed by atoms with E-state index < -0.39 is 0 Å². The summed E-state index contributed by atoms with van der Waals surface area (Å²) in [5.41, 5.74) is 4.22. The molecule has 2 aromatic rings. The number of rotatable bonds is 3. The van der Waals surface area contributed by atoms with E-state index in [4.69, 9.17) is 11.6 Å². The normalized spacial score (nSPS) is 22.7. The number of aliphatic imine (C=N–C) groups is 1. The van der Waals surface area contributed by atoms with Crippen molar-refractivity contribution in [1.29, 1.82) is 0 Å². The Balaban J connectivity index is 1.66. The van der Waals surface area contributed by atoms with E-state index in [9.17, 15) is 4.79 Å². The van der Waals surface area contributed by atoms with E-state index in [-0.39, 0.29) is 11.4 Å². The van der Waals surface area contributed by atoms with Gasteiger partial charge in [-0.1, -0.05) is 34.5 Å². The number of carbonyl (C=O) groups is 1. The van der Waals surface area contributed by atoms with Crippen molar-refractivity contribution >= 4 is 67.8 Å². The van der Waals surface area contributed by atoms with E-state index in [0.717, 1.165) is 28.7 Å². The number of halogens is 2. The minimum Gasteiger partial charge on any atom is -0.366 e. The summed E-state index contributed by atoms with van der Waals surface area (Å²) in [5.74, 6) is 0.265. The van der Waals surface area contributed by atoms with Gasteiger partial charge in [0.1, 0.15) is 0 Å². The van der Waals surface area contributed by atoms with E-state index in [1.807, 2.05) is 30.3 Å². The Bertz CT molecular complexity index is 1090. The van der Waals surface area contributed by atoms with Crippen molar-refractivity contribution < 1.29 is 4.79 Å². The second-order valence-corrected chi connectivity index (χ2v) is 10.9. The number of anilines is 1. The minimum atomic E-state index is -0.154. The van der Waals surface area contributed by atoms with Crippen molar-refractivity contribution in [3.05, 3.63) is 61.9 Å². The van der Waals surface area contributed by atoms with Crippen LogP contribution in [0.3, 0.4) is 0 Å². The molecule has 162 valence electrons. The highest BCUT2D eigenvalue weighted by Gasteiger charge is 2.36. The highest BCUT2D eigenvalue weighted by molar-refractivity contribution is 9.10. The molecule has 1 fully saturated rings. The first-order chi connectivity index (χ1) is 14.7. The van der Waals surface area contributed by atoms with Crippen LogP contribution in [-0.2, 0) is 4.79 Å². The Hall–Kier alpha value is -1.76. The highest BCUT2D eigenvalue weighted by Crippen LogP contribution is 2.45. The number of hydrogen-bond acceptors (Lipinski definition) is 4. The summed E-state index contributed by atoms with van der Waals surface area (Å²) < 4.78 is 0.987. The Labute approximate surface area is 201 Å². The standard InChI is InChI=1S/C24H25BrClN3OS/c1-5-29-20-12-19(26)15(10-18(20)14(2)13-24(29,3)4)11-21-22(30)28-23(31-21)27-17-8-6-16(25)7-9-17/h6-12,14H,5,13H2,1-4H3,(H,27,28,30)/b21-11+. The number of hydrogen-bond donors (Lipinski definition) is 1. The summed E-state index contributed by atoms with van der Waals surface area (Å²) in [6, 6.07) is 11.8. The molecule has 1 N–H and O–H groups in total. The van der Waals surface area contributed by atoms with Crippen LogP contribution in [0.25, 0.3) is 6.08 Å². The van der Waals surface area contributed by atoms with Crippen LogP contribution in [0, 0.1) is 0 Å². The fourth-order valence-electron chi connectivity index (χ4n) is 4.48. The second kappa shape index (κ2) is 8.64. The average Bonchev–Trinajstić information content (AvgIpc) is 3.03. The molecule has 2 aromatic carbocycles. The first kappa shape index (κ1) is 22.4. The van der Waals surface area contributed by atoms with Crippen LogP contribution in [0.4, 0.5) is 11.4 Å². The summed E-state index contributed by atoms with van der Waals surface area (Å²) in [7, 11) is 0. The number of thioether (sulfide) groups is 1. The molecule has 2 aliphatic heterocycles. The van der Waals surface area contributed by atoms with E-state index >= 15 is 0 Å². The monoisotopic (exact) mass is 517 g/mol. The van der Waals surface area contributed by atoms with Gasteiger partial charge in [-0.05, 0) is 98.5 Å². The van der Waals surface area contributed by atoms with Gasteiger partial charge in [0.05, 0.1) is 10.6 Å². The van der Waals surface area contributed by atoms with Crippen molar-refractivity contribution in [2.24, 2.45) is 4.99 Å². The molecule has 2 aliphatic rings. The fourth-order valence-corrected chi connectivity index (χ4v) is 5.79. The Morgan fingerprint density at radius 1 is 1.32 bits per heavy atom. The molecule has 31 heavy (non-hydrogen) atoms. The molecular formula is C24H25BrClN3OS. The third-order valence-electron chi connectivity index (χ3n) is 5.82. The van der Waals surface area contributed by atoms with E-state index in [1.54, 1.807) is 0 Å². The van der Waals surface area contributed by atoms with Crippen LogP contribution in [0.2, 0.25) is 5.02 Å². The van der Waals surface area contributed by atoms with Gasteiger partial charge in [-0.2, -0.15) is 0 Å². The quantitative estimate of drug-likeness (QED) is 0.441. The zero-order valence-corrected chi connectivity index (χ0v) is 21.2. The van der Waals surface area contributed by atoms with Crippen molar-refractivity contribution in [1.82, 2.24) is 5.32 Å². The predicted octanol–water partition coefficient (Wildman–Crippen LogP) is 7.11. The molecule has 4 nitrogen and oxygen atoms in total. The number of carbonyl (C=O) groups excluding carboxylic acids is 1. The Morgan fingerprint density at radius 2 is 2.03 bits per heavy atom. The smallest absolute Gasteiger partial charge is 0.264 e. The Kier molecular flexibility index (Phi) is 6.25. The van der Waals surface area contributed by atoms with Crippen LogP contribution in [-0.4, -0.2) is 23.2 Å². The van der Waals surface area contributed by atoms with Crippen LogP contribution in [0.1, 0.15) is 51.2 Å². The van der Waals surface area contributed by atoms with Crippen LogP contribution >= 0.6 is 39.3 Å². The number of nitrogens with zero attached hydrogens (tertiary/aromatic N) is 2. The molecule has 0 bridgehead atoms. The molecule has 0 radical (unpaired) electrons. The molecule has 0 saturated carbocycles. The molecule has 1 saturated heterocycles. The SMILES string of the molecule is CCN1c2cc(Cl)c(/C=C3/SC(=Nc4ccc(Br)cc4)NC3=O)cc2C(C)CC1(C)C. The van der Waals surface area contributed by atoms with Gasteiger partial charge in [0.15, 0.2) is 5.17 Å². The topological polar surface area (TPSA) is 44.7 Å². The number of amidine groups is 1. The van der Waals surface area contributed by atoms with Gasteiger partial charge in [-0.25, -0.2) is 4.99 Å². The lowest BCUT2D eigenvalue weighted by molar-refractivity contribution is -0.115. The molecule has 4 rings (SSSR count). The number of fused-ring (bicyclic) bond motifs is 1. The van der Waals surface area contributed by atoms with Crippen LogP contribution in [0.15, 0.2) is 50.8 Å². The molecular weight excluding hydrogens is 494 g/mol. The molecule has 7 heteroatoms. The van der Waals surface area contributed by atoms with Crippen LogP contribution in [0.5, 0.6) is 0 Å². The second-order valence-electron chi connectivity index (χ2n) is 8.55. The van der Waals surface area contributed by atoms with Crippen molar-refractivity contribution in [2.45, 2.75) is 45.6 Å². The van der Waals surface area contributed by atoms with Gasteiger partial charge in [0.2, 0.25) is 0 Å². The maximum atomic E-state index is 12.5. The zero-order valence-electron chi connectivity index (χ0n) is 18.0. The summed E-state index contributed by atoms with van der Waals surface area (Å²) in [5, 5.41) is 4.07. The largest absolute Gasteiger partial charge is 0.366 e. The average molecular weight is 519 g/mol. The number of benzene rings is 2. The van der Waals surface area contributed by atoms with Gasteiger partial charge in [0.25, 0.3) is 5.91 Å². The van der Waals surface area contributed by atoms with Crippen molar-refractivity contribution in [2.75, 3.05) is 11.4 Å². The summed E-state index contributed by atoms with van der Waals surface area (Å²) in [6.07, 6.45) is 2.94. The molecule has 2 heterocycles. The molecule has 0 aromatic heterocycles. The molecule has 1 atom stereocenters. The van der Waals surface area contributed by atoms with Gasteiger partial charge >= 0.3 is 0 Å². The van der Waals surface area contributed by atoms with Gasteiger partial charge in [0, 0.05) is 27.3 Å². The highest BCUT2D eigenvalue weighted by atomic mass is 79.9. The molecule has 1 amide bonds. The first-order valence-corrected chi connectivity index (χ1v) is 12.3. The van der Waals surface area contributed by atoms with Gasteiger partial charge in [-0.3, -0.25) is 4.79 Å². The van der Waals surface area contributed by atoms with Crippen molar-refractivity contribution in [3.8, 4) is 0 Å². The lowest BCUT2D eigenvalue weighted by atomic mass is 9.79. The van der Waals surface area contributed by atoms with Crippen molar-refractivity contribution in [3.63, 3.8) is 0 Å². The Morgan fingerprint density at radius 3 is 2.71 bits per heavy atom. The third-order valence-corrected chi connectivity index (χ3v) is 7.58.